The number of carbonyl (C=O) groups is 2. The summed E-state index contributed by atoms with van der Waals surface area (Å²) >= 11 is 7.68. The average molecular weight is 465 g/mol. The standard InChI is InChI=1S/C25H21ClN2O3S/c1-16-19(26)13-14-20-23(16)28(15-21(29)31-2)25(32-20)27-24(30)22(17-9-5-3-6-10-17)18-11-7-4-8-12-18/h3-14,22H,15H2,1-2H3. The number of carbonyl (C=O) groups excluding carboxylic acids is 2. The van der Waals surface area contributed by atoms with Gasteiger partial charge in [0.05, 0.1) is 23.2 Å². The Morgan fingerprint density at radius 2 is 1.59 bits per heavy atom. The molecule has 0 N–H and O–H groups in total. The topological polar surface area (TPSA) is 60.7 Å². The van der Waals surface area contributed by atoms with E-state index < -0.39 is 11.9 Å². The van der Waals surface area contributed by atoms with E-state index in [1.165, 1.54) is 18.4 Å². The van der Waals surface area contributed by atoms with Crippen LogP contribution in [0.3, 0.4) is 0 Å². The summed E-state index contributed by atoms with van der Waals surface area (Å²) in [5.41, 5.74) is 3.30. The van der Waals surface area contributed by atoms with Crippen molar-refractivity contribution in [2.45, 2.75) is 19.4 Å². The molecule has 32 heavy (non-hydrogen) atoms. The Morgan fingerprint density at radius 1 is 1.00 bits per heavy atom. The fourth-order valence-corrected chi connectivity index (χ4v) is 4.92. The van der Waals surface area contributed by atoms with E-state index in [0.717, 1.165) is 26.9 Å². The number of aromatic nitrogens is 1. The molecule has 0 radical (unpaired) electrons. The Kier molecular flexibility index (Phi) is 6.53. The molecule has 0 atom stereocenters. The van der Waals surface area contributed by atoms with Crippen LogP contribution in [0.5, 0.6) is 0 Å². The highest BCUT2D eigenvalue weighted by molar-refractivity contribution is 7.16. The van der Waals surface area contributed by atoms with E-state index in [1.54, 1.807) is 10.6 Å². The van der Waals surface area contributed by atoms with Gasteiger partial charge in [-0.05, 0) is 35.7 Å². The second-order valence-electron chi connectivity index (χ2n) is 7.27. The molecule has 7 heteroatoms. The molecule has 0 bridgehead atoms. The summed E-state index contributed by atoms with van der Waals surface area (Å²) in [6.45, 7) is 1.82. The van der Waals surface area contributed by atoms with E-state index in [0.29, 0.717) is 9.82 Å². The zero-order valence-electron chi connectivity index (χ0n) is 17.6. The second kappa shape index (κ2) is 9.51. The van der Waals surface area contributed by atoms with Crippen LogP contribution in [-0.2, 0) is 20.9 Å². The van der Waals surface area contributed by atoms with E-state index in [-0.39, 0.29) is 12.5 Å². The number of methoxy groups -OCH3 is 1. The highest BCUT2D eigenvalue weighted by Gasteiger charge is 2.23. The molecule has 162 valence electrons. The molecule has 1 heterocycles. The molecule has 0 fully saturated rings. The van der Waals surface area contributed by atoms with Crippen LogP contribution in [0, 0.1) is 6.92 Å². The molecule has 4 aromatic rings. The Balaban J connectivity index is 1.90. The summed E-state index contributed by atoms with van der Waals surface area (Å²) in [7, 11) is 1.33. The van der Waals surface area contributed by atoms with Crippen LogP contribution in [0.15, 0.2) is 77.8 Å². The molecule has 5 nitrogen and oxygen atoms in total. The molecule has 0 saturated carbocycles. The average Bonchev–Trinajstić information content (AvgIpc) is 3.15. The zero-order valence-corrected chi connectivity index (χ0v) is 19.2. The minimum absolute atomic E-state index is 0.0643. The number of amides is 1. The van der Waals surface area contributed by atoms with Crippen molar-refractivity contribution >= 4 is 45.0 Å². The van der Waals surface area contributed by atoms with Gasteiger partial charge in [-0.2, -0.15) is 4.99 Å². The van der Waals surface area contributed by atoms with E-state index in [2.05, 4.69) is 4.99 Å². The molecule has 1 aromatic heterocycles. The Morgan fingerprint density at radius 3 is 2.16 bits per heavy atom. The number of hydrogen-bond acceptors (Lipinski definition) is 4. The van der Waals surface area contributed by atoms with Crippen molar-refractivity contribution in [2.24, 2.45) is 4.99 Å². The first-order chi connectivity index (χ1) is 15.5. The lowest BCUT2D eigenvalue weighted by atomic mass is 9.91. The first kappa shape index (κ1) is 22.0. The molecular weight excluding hydrogens is 444 g/mol. The van der Waals surface area contributed by atoms with Gasteiger partial charge in [0.2, 0.25) is 0 Å². The predicted octanol–water partition coefficient (Wildman–Crippen LogP) is 5.10. The van der Waals surface area contributed by atoms with Crippen molar-refractivity contribution < 1.29 is 14.3 Å². The monoisotopic (exact) mass is 464 g/mol. The van der Waals surface area contributed by atoms with Crippen LogP contribution in [0.25, 0.3) is 10.2 Å². The summed E-state index contributed by atoms with van der Waals surface area (Å²) in [6, 6.07) is 22.8. The Hall–Kier alpha value is -3.22. The van der Waals surface area contributed by atoms with Crippen molar-refractivity contribution in [1.82, 2.24) is 4.57 Å². The van der Waals surface area contributed by atoms with Crippen LogP contribution in [-0.4, -0.2) is 23.6 Å². The molecular formula is C25H21ClN2O3S. The normalized spacial score (nSPS) is 11.8. The SMILES string of the molecule is COC(=O)Cn1c(=NC(=O)C(c2ccccc2)c2ccccc2)sc2ccc(Cl)c(C)c21. The number of hydrogen-bond donors (Lipinski definition) is 0. The van der Waals surface area contributed by atoms with Gasteiger partial charge in [-0.1, -0.05) is 83.6 Å². The number of nitrogens with zero attached hydrogens (tertiary/aromatic N) is 2. The molecule has 0 aliphatic carbocycles. The Labute approximate surface area is 194 Å². The van der Waals surface area contributed by atoms with Gasteiger partial charge < -0.3 is 9.30 Å². The third kappa shape index (κ3) is 4.38. The van der Waals surface area contributed by atoms with Crippen LogP contribution >= 0.6 is 22.9 Å². The van der Waals surface area contributed by atoms with Gasteiger partial charge in [0.25, 0.3) is 5.91 Å². The molecule has 1 amide bonds. The van der Waals surface area contributed by atoms with Gasteiger partial charge in [0.15, 0.2) is 4.80 Å². The number of halogens is 1. The van der Waals surface area contributed by atoms with Crippen LogP contribution in [0.1, 0.15) is 22.6 Å². The van der Waals surface area contributed by atoms with Crippen molar-refractivity contribution in [3.8, 4) is 0 Å². The minimum atomic E-state index is -0.557. The van der Waals surface area contributed by atoms with Crippen LogP contribution in [0.4, 0.5) is 0 Å². The van der Waals surface area contributed by atoms with Crippen molar-refractivity contribution in [1.29, 1.82) is 0 Å². The molecule has 3 aromatic carbocycles. The van der Waals surface area contributed by atoms with Gasteiger partial charge in [-0.15, -0.1) is 0 Å². The van der Waals surface area contributed by atoms with Crippen molar-refractivity contribution in [3.05, 3.63) is 99.3 Å². The number of fused-ring (bicyclic) bond motifs is 1. The lowest BCUT2D eigenvalue weighted by molar-refractivity contribution is -0.141. The summed E-state index contributed by atoms with van der Waals surface area (Å²) < 4.78 is 7.47. The number of thiazole rings is 1. The van der Waals surface area contributed by atoms with Crippen molar-refractivity contribution in [3.63, 3.8) is 0 Å². The first-order valence-electron chi connectivity index (χ1n) is 10.0. The molecule has 0 aliphatic rings. The maximum atomic E-state index is 13.5. The lowest BCUT2D eigenvalue weighted by Gasteiger charge is -2.14. The third-order valence-corrected chi connectivity index (χ3v) is 6.72. The van der Waals surface area contributed by atoms with Gasteiger partial charge >= 0.3 is 5.97 Å². The molecule has 0 spiro atoms. The van der Waals surface area contributed by atoms with Gasteiger partial charge in [0.1, 0.15) is 6.54 Å². The van der Waals surface area contributed by atoms with Gasteiger partial charge in [0, 0.05) is 5.02 Å². The zero-order chi connectivity index (χ0) is 22.7. The molecule has 0 unspecified atom stereocenters. The number of benzene rings is 3. The summed E-state index contributed by atoms with van der Waals surface area (Å²) in [6.07, 6.45) is 0. The molecule has 0 saturated heterocycles. The minimum Gasteiger partial charge on any atom is -0.468 e. The lowest BCUT2D eigenvalue weighted by Crippen LogP contribution is -2.24. The smallest absolute Gasteiger partial charge is 0.325 e. The maximum Gasteiger partial charge on any atom is 0.325 e. The highest BCUT2D eigenvalue weighted by atomic mass is 35.5. The van der Waals surface area contributed by atoms with Crippen LogP contribution in [0.2, 0.25) is 5.02 Å². The fraction of sp³-hybridized carbons (Fsp3) is 0.160. The quantitative estimate of drug-likeness (QED) is 0.386. The first-order valence-corrected chi connectivity index (χ1v) is 11.2. The van der Waals surface area contributed by atoms with Gasteiger partial charge in [-0.25, -0.2) is 0 Å². The van der Waals surface area contributed by atoms with E-state index in [9.17, 15) is 9.59 Å². The summed E-state index contributed by atoms with van der Waals surface area (Å²) in [5.74, 6) is -1.30. The van der Waals surface area contributed by atoms with E-state index >= 15 is 0 Å². The third-order valence-electron chi connectivity index (χ3n) is 5.26. The van der Waals surface area contributed by atoms with Crippen molar-refractivity contribution in [2.75, 3.05) is 7.11 Å². The second-order valence-corrected chi connectivity index (χ2v) is 8.69. The largest absolute Gasteiger partial charge is 0.468 e. The van der Waals surface area contributed by atoms with E-state index in [1.807, 2.05) is 73.7 Å². The molecule has 0 aliphatic heterocycles. The number of aryl methyl sites for hydroxylation is 1. The number of ether oxygens (including phenoxy) is 1. The van der Waals surface area contributed by atoms with Gasteiger partial charge in [-0.3, -0.25) is 9.59 Å². The predicted molar refractivity (Wildman–Crippen MR) is 127 cm³/mol. The Bertz CT molecular complexity index is 1300. The highest BCUT2D eigenvalue weighted by Crippen LogP contribution is 2.29. The molecule has 4 rings (SSSR count). The summed E-state index contributed by atoms with van der Waals surface area (Å²) in [5, 5.41) is 0.582. The fourth-order valence-electron chi connectivity index (χ4n) is 3.67. The van der Waals surface area contributed by atoms with E-state index in [4.69, 9.17) is 16.3 Å². The number of rotatable bonds is 5. The maximum absolute atomic E-state index is 13.5. The van der Waals surface area contributed by atoms with Crippen LogP contribution < -0.4 is 4.80 Å². The summed E-state index contributed by atoms with van der Waals surface area (Å²) in [4.78, 5) is 30.6. The number of esters is 1.